The lowest BCUT2D eigenvalue weighted by Gasteiger charge is -2.28. The van der Waals surface area contributed by atoms with Crippen molar-refractivity contribution in [2.45, 2.75) is 52.5 Å². The first-order valence-electron chi connectivity index (χ1n) is 6.67. The number of hydrogen-bond acceptors (Lipinski definition) is 2. The van der Waals surface area contributed by atoms with Crippen molar-refractivity contribution in [1.82, 2.24) is 10.2 Å². The summed E-state index contributed by atoms with van der Waals surface area (Å²) >= 11 is 0. The Morgan fingerprint density at radius 2 is 1.88 bits per heavy atom. The molecule has 0 aromatic heterocycles. The van der Waals surface area contributed by atoms with Crippen LogP contribution in [0.15, 0.2) is 0 Å². The van der Waals surface area contributed by atoms with E-state index in [1.165, 1.54) is 6.42 Å². The quantitative estimate of drug-likeness (QED) is 0.793. The van der Waals surface area contributed by atoms with Crippen LogP contribution in [0.3, 0.4) is 0 Å². The van der Waals surface area contributed by atoms with Crippen molar-refractivity contribution in [3.8, 4) is 0 Å². The van der Waals surface area contributed by atoms with Crippen LogP contribution < -0.4 is 11.1 Å². The topological polar surface area (TPSA) is 58.4 Å². The summed E-state index contributed by atoms with van der Waals surface area (Å²) in [4.78, 5) is 13.7. The van der Waals surface area contributed by atoms with Gasteiger partial charge in [-0.15, -0.1) is 0 Å². The highest BCUT2D eigenvalue weighted by atomic mass is 16.2. The molecule has 0 aliphatic carbocycles. The fourth-order valence-electron chi connectivity index (χ4n) is 2.29. The second-order valence-corrected chi connectivity index (χ2v) is 6.26. The third-order valence-electron chi connectivity index (χ3n) is 3.03. The SMILES string of the molecule is CC(C)(C)CC(N)CNC(=O)N1CCCCC1. The van der Waals surface area contributed by atoms with Gasteiger partial charge in [0.15, 0.2) is 0 Å². The van der Waals surface area contributed by atoms with Crippen molar-refractivity contribution >= 4 is 6.03 Å². The predicted molar refractivity (Wildman–Crippen MR) is 70.9 cm³/mol. The van der Waals surface area contributed by atoms with Gasteiger partial charge in [0.05, 0.1) is 0 Å². The normalized spacial score (nSPS) is 18.9. The summed E-state index contributed by atoms with van der Waals surface area (Å²) < 4.78 is 0. The van der Waals surface area contributed by atoms with E-state index in [-0.39, 0.29) is 17.5 Å². The van der Waals surface area contributed by atoms with Crippen molar-refractivity contribution in [2.24, 2.45) is 11.1 Å². The second kappa shape index (κ2) is 6.24. The molecule has 0 saturated carbocycles. The number of rotatable bonds is 3. The van der Waals surface area contributed by atoms with E-state index in [0.717, 1.165) is 32.4 Å². The molecule has 3 N–H and O–H groups in total. The van der Waals surface area contributed by atoms with Crippen molar-refractivity contribution in [3.63, 3.8) is 0 Å². The molecule has 4 nitrogen and oxygen atoms in total. The molecule has 0 aromatic carbocycles. The van der Waals surface area contributed by atoms with Gasteiger partial charge in [-0.3, -0.25) is 0 Å². The van der Waals surface area contributed by atoms with Crippen molar-refractivity contribution in [1.29, 1.82) is 0 Å². The first-order chi connectivity index (χ1) is 7.88. The number of likely N-dealkylation sites (tertiary alicyclic amines) is 1. The highest BCUT2D eigenvalue weighted by molar-refractivity contribution is 5.74. The summed E-state index contributed by atoms with van der Waals surface area (Å²) in [5.41, 5.74) is 6.22. The van der Waals surface area contributed by atoms with E-state index in [2.05, 4.69) is 26.1 Å². The van der Waals surface area contributed by atoms with Gasteiger partial charge in [-0.25, -0.2) is 4.79 Å². The zero-order chi connectivity index (χ0) is 12.9. The Morgan fingerprint density at radius 1 is 1.29 bits per heavy atom. The number of nitrogens with two attached hydrogens (primary N) is 1. The van der Waals surface area contributed by atoms with Gasteiger partial charge in [-0.05, 0) is 31.1 Å². The Hall–Kier alpha value is -0.770. The third kappa shape index (κ3) is 5.91. The summed E-state index contributed by atoms with van der Waals surface area (Å²) in [6.45, 7) is 8.85. The van der Waals surface area contributed by atoms with Crippen LogP contribution in [0.2, 0.25) is 0 Å². The molecule has 0 radical (unpaired) electrons. The van der Waals surface area contributed by atoms with Gasteiger partial charge < -0.3 is 16.0 Å². The highest BCUT2D eigenvalue weighted by Gasteiger charge is 2.19. The maximum absolute atomic E-state index is 11.8. The lowest BCUT2D eigenvalue weighted by Crippen LogP contribution is -2.47. The molecule has 0 aromatic rings. The zero-order valence-electron chi connectivity index (χ0n) is 11.5. The first-order valence-corrected chi connectivity index (χ1v) is 6.67. The van der Waals surface area contributed by atoms with Gasteiger partial charge in [0.2, 0.25) is 0 Å². The van der Waals surface area contributed by atoms with Gasteiger partial charge in [0.1, 0.15) is 0 Å². The van der Waals surface area contributed by atoms with Gasteiger partial charge >= 0.3 is 6.03 Å². The molecule has 1 saturated heterocycles. The van der Waals surface area contributed by atoms with Crippen molar-refractivity contribution in [3.05, 3.63) is 0 Å². The number of urea groups is 1. The number of carbonyl (C=O) groups is 1. The number of amides is 2. The van der Waals surface area contributed by atoms with Crippen LogP contribution in [0, 0.1) is 5.41 Å². The first kappa shape index (κ1) is 14.3. The van der Waals surface area contributed by atoms with Crippen LogP contribution in [0.4, 0.5) is 4.79 Å². The molecular formula is C13H27N3O. The van der Waals surface area contributed by atoms with Gasteiger partial charge in [0, 0.05) is 25.7 Å². The average molecular weight is 241 g/mol. The lowest BCUT2D eigenvalue weighted by molar-refractivity contribution is 0.185. The zero-order valence-corrected chi connectivity index (χ0v) is 11.5. The number of nitrogens with one attached hydrogen (secondary N) is 1. The molecule has 0 bridgehead atoms. The monoisotopic (exact) mass is 241 g/mol. The molecule has 2 amide bonds. The maximum atomic E-state index is 11.8. The van der Waals surface area contributed by atoms with E-state index in [1.54, 1.807) is 0 Å². The summed E-state index contributed by atoms with van der Waals surface area (Å²) in [5.74, 6) is 0. The van der Waals surface area contributed by atoms with Gasteiger partial charge in [-0.1, -0.05) is 20.8 Å². The molecule has 4 heteroatoms. The van der Waals surface area contributed by atoms with Crippen LogP contribution in [0.5, 0.6) is 0 Å². The minimum atomic E-state index is 0.0451. The molecule has 1 rings (SSSR count). The lowest BCUT2D eigenvalue weighted by atomic mass is 9.88. The van der Waals surface area contributed by atoms with Crippen LogP contribution in [0.1, 0.15) is 46.5 Å². The van der Waals surface area contributed by atoms with Crippen molar-refractivity contribution < 1.29 is 4.79 Å². The third-order valence-corrected chi connectivity index (χ3v) is 3.03. The molecule has 1 unspecified atom stereocenters. The molecule has 1 heterocycles. The van der Waals surface area contributed by atoms with E-state index < -0.39 is 0 Å². The number of carbonyl (C=O) groups excluding carboxylic acids is 1. The Morgan fingerprint density at radius 3 is 2.41 bits per heavy atom. The number of nitrogens with zero attached hydrogens (tertiary/aromatic N) is 1. The van der Waals surface area contributed by atoms with Gasteiger partial charge in [0.25, 0.3) is 0 Å². The Labute approximate surface area is 105 Å². The van der Waals surface area contributed by atoms with Crippen LogP contribution in [-0.2, 0) is 0 Å². The summed E-state index contributed by atoms with van der Waals surface area (Å²) in [6, 6.07) is 0.0952. The molecule has 17 heavy (non-hydrogen) atoms. The second-order valence-electron chi connectivity index (χ2n) is 6.26. The molecule has 1 atom stereocenters. The van der Waals surface area contributed by atoms with E-state index in [0.29, 0.717) is 6.54 Å². The Balaban J connectivity index is 2.22. The summed E-state index contributed by atoms with van der Waals surface area (Å²) in [6.07, 6.45) is 4.42. The predicted octanol–water partition coefficient (Wildman–Crippen LogP) is 1.95. The fraction of sp³-hybridized carbons (Fsp3) is 0.923. The van der Waals surface area contributed by atoms with E-state index >= 15 is 0 Å². The molecular weight excluding hydrogens is 214 g/mol. The minimum absolute atomic E-state index is 0.0451. The minimum Gasteiger partial charge on any atom is -0.336 e. The van der Waals surface area contributed by atoms with Crippen LogP contribution in [-0.4, -0.2) is 36.6 Å². The molecule has 0 spiro atoms. The van der Waals surface area contributed by atoms with Crippen molar-refractivity contribution in [2.75, 3.05) is 19.6 Å². The van der Waals surface area contributed by atoms with E-state index in [1.807, 2.05) is 4.90 Å². The molecule has 1 aliphatic rings. The standard InChI is InChI=1S/C13H27N3O/c1-13(2,3)9-11(14)10-15-12(17)16-7-5-4-6-8-16/h11H,4-10,14H2,1-3H3,(H,15,17). The van der Waals surface area contributed by atoms with E-state index in [9.17, 15) is 4.79 Å². The van der Waals surface area contributed by atoms with Crippen LogP contribution >= 0.6 is 0 Å². The molecule has 1 aliphatic heterocycles. The molecule has 100 valence electrons. The largest absolute Gasteiger partial charge is 0.336 e. The number of piperidine rings is 1. The Bertz CT molecular complexity index is 242. The number of hydrogen-bond donors (Lipinski definition) is 2. The maximum Gasteiger partial charge on any atom is 0.317 e. The fourth-order valence-corrected chi connectivity index (χ4v) is 2.29. The average Bonchev–Trinajstić information content (AvgIpc) is 2.25. The molecule has 1 fully saturated rings. The summed E-state index contributed by atoms with van der Waals surface area (Å²) in [5, 5.41) is 2.94. The highest BCUT2D eigenvalue weighted by Crippen LogP contribution is 2.19. The van der Waals surface area contributed by atoms with E-state index in [4.69, 9.17) is 5.73 Å². The summed E-state index contributed by atoms with van der Waals surface area (Å²) in [7, 11) is 0. The Kier molecular flexibility index (Phi) is 5.25. The van der Waals surface area contributed by atoms with Crippen LogP contribution in [0.25, 0.3) is 0 Å². The smallest absolute Gasteiger partial charge is 0.317 e. The van der Waals surface area contributed by atoms with Gasteiger partial charge in [-0.2, -0.15) is 0 Å².